The lowest BCUT2D eigenvalue weighted by Crippen LogP contribution is -2.17. The Hall–Kier alpha value is -4.33. The third-order valence-corrected chi connectivity index (χ3v) is 5.45. The molecule has 0 bridgehead atoms. The van der Waals surface area contributed by atoms with Crippen LogP contribution in [0.25, 0.3) is 11.1 Å². The minimum absolute atomic E-state index is 0.0174. The molecule has 4 rings (SSSR count). The van der Waals surface area contributed by atoms with E-state index in [-0.39, 0.29) is 18.9 Å². The van der Waals surface area contributed by atoms with Crippen LogP contribution in [0.1, 0.15) is 29.2 Å². The minimum atomic E-state index is -0.778. The number of H-pyrrole nitrogens is 1. The van der Waals surface area contributed by atoms with E-state index in [9.17, 15) is 14.4 Å². The third-order valence-electron chi connectivity index (χ3n) is 5.45. The van der Waals surface area contributed by atoms with Gasteiger partial charge in [0.05, 0.1) is 6.54 Å². The zero-order valence-corrected chi connectivity index (χ0v) is 19.8. The Balaban J connectivity index is 1.43. The first kappa shape index (κ1) is 23.8. The number of benzene rings is 3. The van der Waals surface area contributed by atoms with E-state index in [1.54, 1.807) is 0 Å². The summed E-state index contributed by atoms with van der Waals surface area (Å²) in [6.07, 6.45) is 0. The summed E-state index contributed by atoms with van der Waals surface area (Å²) in [5.74, 6) is 0.572. The summed E-state index contributed by atoms with van der Waals surface area (Å²) in [7, 11) is 0. The van der Waals surface area contributed by atoms with Gasteiger partial charge in [-0.2, -0.15) is 0 Å². The SMILES string of the molecule is CC(=O)COc1cc(C)c(-c2cccc(COc3ccc(Cn4oc(=O)[nH]c4=O)cc3)c2)c(C)c1. The lowest BCUT2D eigenvalue weighted by atomic mass is 9.94. The maximum absolute atomic E-state index is 11.6. The highest BCUT2D eigenvalue weighted by atomic mass is 16.5. The van der Waals surface area contributed by atoms with Crippen LogP contribution in [0.15, 0.2) is 74.8 Å². The first-order valence-electron chi connectivity index (χ1n) is 11.1. The predicted octanol–water partition coefficient (Wildman–Crippen LogP) is 4.01. The summed E-state index contributed by atoms with van der Waals surface area (Å²) in [5.41, 5.74) is 5.56. The molecule has 1 N–H and O–H groups in total. The van der Waals surface area contributed by atoms with E-state index in [1.165, 1.54) is 6.92 Å². The zero-order valence-electron chi connectivity index (χ0n) is 19.8. The Morgan fingerprint density at radius 1 is 0.914 bits per heavy atom. The fraction of sp³-hybridized carbons (Fsp3) is 0.222. The van der Waals surface area contributed by atoms with Gasteiger partial charge in [0.25, 0.3) is 0 Å². The molecule has 35 heavy (non-hydrogen) atoms. The van der Waals surface area contributed by atoms with Crippen LogP contribution in [0.5, 0.6) is 11.5 Å². The van der Waals surface area contributed by atoms with Crippen LogP contribution in [0.3, 0.4) is 0 Å². The van der Waals surface area contributed by atoms with Gasteiger partial charge in [0.2, 0.25) is 0 Å². The summed E-state index contributed by atoms with van der Waals surface area (Å²) in [6, 6.07) is 19.3. The van der Waals surface area contributed by atoms with Crippen molar-refractivity contribution in [1.29, 1.82) is 0 Å². The van der Waals surface area contributed by atoms with Crippen LogP contribution in [-0.4, -0.2) is 22.1 Å². The number of carbonyl (C=O) groups excluding carboxylic acids is 1. The molecule has 8 nitrogen and oxygen atoms in total. The molecule has 1 aromatic heterocycles. The predicted molar refractivity (Wildman–Crippen MR) is 131 cm³/mol. The van der Waals surface area contributed by atoms with Crippen LogP contribution in [-0.2, 0) is 17.9 Å². The van der Waals surface area contributed by atoms with Crippen molar-refractivity contribution in [2.45, 2.75) is 33.9 Å². The van der Waals surface area contributed by atoms with Gasteiger partial charge in [-0.3, -0.25) is 4.79 Å². The molecule has 0 aliphatic heterocycles. The minimum Gasteiger partial charge on any atom is -0.489 e. The molecule has 0 spiro atoms. The Kier molecular flexibility index (Phi) is 7.01. The van der Waals surface area contributed by atoms with E-state index in [0.717, 1.165) is 38.1 Å². The van der Waals surface area contributed by atoms with Crippen molar-refractivity contribution in [2.75, 3.05) is 6.61 Å². The zero-order chi connectivity index (χ0) is 24.9. The number of aromatic nitrogens is 2. The van der Waals surface area contributed by atoms with Gasteiger partial charge in [0.15, 0.2) is 5.78 Å². The van der Waals surface area contributed by atoms with E-state index >= 15 is 0 Å². The quantitative estimate of drug-likeness (QED) is 0.393. The second-order valence-electron chi connectivity index (χ2n) is 8.40. The number of nitrogens with one attached hydrogen (secondary N) is 1. The number of ether oxygens (including phenoxy) is 2. The van der Waals surface area contributed by atoms with Crippen molar-refractivity contribution in [3.05, 3.63) is 104 Å². The first-order chi connectivity index (χ1) is 16.8. The van der Waals surface area contributed by atoms with Crippen LogP contribution in [0.2, 0.25) is 0 Å². The van der Waals surface area contributed by atoms with E-state index < -0.39 is 11.4 Å². The molecular weight excluding hydrogens is 448 g/mol. The molecule has 4 aromatic rings. The highest BCUT2D eigenvalue weighted by Crippen LogP contribution is 2.31. The molecule has 0 aliphatic rings. The number of nitrogens with zero attached hydrogens (tertiary/aromatic N) is 1. The molecule has 0 saturated heterocycles. The number of Topliss-reactive ketones (excluding diaryl/α,β-unsaturated/α-hetero) is 1. The Labute approximate surface area is 201 Å². The number of carbonyl (C=O) groups is 1. The van der Waals surface area contributed by atoms with Crippen molar-refractivity contribution in [2.24, 2.45) is 0 Å². The van der Waals surface area contributed by atoms with E-state index in [1.807, 2.05) is 62.4 Å². The number of hydrogen-bond donors (Lipinski definition) is 1. The molecule has 0 fully saturated rings. The molecule has 0 atom stereocenters. The van der Waals surface area contributed by atoms with Crippen molar-refractivity contribution >= 4 is 5.78 Å². The fourth-order valence-corrected chi connectivity index (χ4v) is 3.91. The summed E-state index contributed by atoms with van der Waals surface area (Å²) < 4.78 is 17.3. The molecule has 0 unspecified atom stereocenters. The molecule has 0 saturated carbocycles. The Morgan fingerprint density at radius 2 is 1.63 bits per heavy atom. The molecule has 0 aliphatic carbocycles. The molecule has 1 heterocycles. The number of aryl methyl sites for hydroxylation is 2. The summed E-state index contributed by atoms with van der Waals surface area (Å²) in [6.45, 7) is 6.16. The van der Waals surface area contributed by atoms with Crippen LogP contribution in [0.4, 0.5) is 0 Å². The lowest BCUT2D eigenvalue weighted by Gasteiger charge is -2.15. The second kappa shape index (κ2) is 10.3. The van der Waals surface area contributed by atoms with Crippen molar-refractivity contribution < 1.29 is 18.8 Å². The van der Waals surface area contributed by atoms with Gasteiger partial charge in [-0.25, -0.2) is 14.6 Å². The molecule has 0 radical (unpaired) electrons. The van der Waals surface area contributed by atoms with Crippen molar-refractivity contribution in [3.8, 4) is 22.6 Å². The summed E-state index contributed by atoms with van der Waals surface area (Å²) in [5, 5.41) is 0. The van der Waals surface area contributed by atoms with E-state index in [0.29, 0.717) is 18.1 Å². The van der Waals surface area contributed by atoms with Gasteiger partial charge in [-0.15, -0.1) is 4.74 Å². The average Bonchev–Trinajstić information content (AvgIpc) is 3.13. The normalized spacial score (nSPS) is 10.8. The average molecular weight is 475 g/mol. The molecule has 180 valence electrons. The highest BCUT2D eigenvalue weighted by molar-refractivity contribution is 5.77. The van der Waals surface area contributed by atoms with Crippen molar-refractivity contribution in [3.63, 3.8) is 0 Å². The molecule has 0 amide bonds. The number of hydrogen-bond acceptors (Lipinski definition) is 6. The Bertz CT molecular complexity index is 1440. The topological polar surface area (TPSA) is 104 Å². The van der Waals surface area contributed by atoms with Gasteiger partial charge in [-0.1, -0.05) is 30.3 Å². The lowest BCUT2D eigenvalue weighted by molar-refractivity contribution is -0.118. The monoisotopic (exact) mass is 474 g/mol. The number of aromatic amines is 1. The number of ketones is 1. The smallest absolute Gasteiger partial charge is 0.440 e. The molecule has 3 aromatic carbocycles. The maximum Gasteiger partial charge on any atom is 0.440 e. The van der Waals surface area contributed by atoms with E-state index in [4.69, 9.17) is 14.0 Å². The fourth-order valence-electron chi connectivity index (χ4n) is 3.91. The Morgan fingerprint density at radius 3 is 2.26 bits per heavy atom. The van der Waals surface area contributed by atoms with E-state index in [2.05, 4.69) is 17.1 Å². The molecule has 8 heteroatoms. The van der Waals surface area contributed by atoms with Crippen LogP contribution >= 0.6 is 0 Å². The maximum atomic E-state index is 11.6. The second-order valence-corrected chi connectivity index (χ2v) is 8.40. The summed E-state index contributed by atoms with van der Waals surface area (Å²) >= 11 is 0. The highest BCUT2D eigenvalue weighted by Gasteiger charge is 2.10. The van der Waals surface area contributed by atoms with Crippen LogP contribution in [0, 0.1) is 13.8 Å². The van der Waals surface area contributed by atoms with Gasteiger partial charge in [-0.05, 0) is 84.5 Å². The number of rotatable bonds is 9. The summed E-state index contributed by atoms with van der Waals surface area (Å²) in [4.78, 5) is 36.0. The standard InChI is InChI=1S/C27H26N2O6/c1-17-11-24(33-15-19(3)30)12-18(2)25(17)22-6-4-5-21(13-22)16-34-23-9-7-20(8-10-23)14-29-26(31)28-27(32)35-29/h4-13H,14-16H2,1-3H3,(H,28,31,32). The van der Waals surface area contributed by atoms with Crippen LogP contribution < -0.4 is 20.9 Å². The largest absolute Gasteiger partial charge is 0.489 e. The molecular formula is C27H26N2O6. The third kappa shape index (κ3) is 5.97. The van der Waals surface area contributed by atoms with Gasteiger partial charge < -0.3 is 14.0 Å². The van der Waals surface area contributed by atoms with Gasteiger partial charge >= 0.3 is 11.4 Å². The van der Waals surface area contributed by atoms with Crippen molar-refractivity contribution in [1.82, 2.24) is 9.72 Å². The first-order valence-corrected chi connectivity index (χ1v) is 11.1. The van der Waals surface area contributed by atoms with Gasteiger partial charge in [0.1, 0.15) is 24.7 Å². The van der Waals surface area contributed by atoms with Gasteiger partial charge in [0, 0.05) is 0 Å².